The first kappa shape index (κ1) is 13.8. The summed E-state index contributed by atoms with van der Waals surface area (Å²) < 4.78 is 0. The lowest BCUT2D eigenvalue weighted by molar-refractivity contribution is 0.0901. The van der Waals surface area contributed by atoms with Gasteiger partial charge in [-0.1, -0.05) is 13.8 Å². The van der Waals surface area contributed by atoms with Gasteiger partial charge < -0.3 is 10.3 Å². The molecule has 0 radical (unpaired) electrons. The number of halogens is 1. The molecule has 0 aliphatic heterocycles. The highest BCUT2D eigenvalue weighted by atomic mass is 35.5. The SMILES string of the molecule is CCC(CC)(CCl)NC(=O)c1c[nH]ccc1=O. The molecule has 0 atom stereocenters. The Morgan fingerprint density at radius 1 is 1.47 bits per heavy atom. The second kappa shape index (κ2) is 5.87. The number of aromatic nitrogens is 1. The molecule has 0 unspecified atom stereocenters. The van der Waals surface area contributed by atoms with Crippen LogP contribution in [0.3, 0.4) is 0 Å². The predicted molar refractivity (Wildman–Crippen MR) is 68.6 cm³/mol. The van der Waals surface area contributed by atoms with Crippen molar-refractivity contribution in [3.63, 3.8) is 0 Å². The molecule has 0 fully saturated rings. The summed E-state index contributed by atoms with van der Waals surface area (Å²) in [7, 11) is 0. The molecule has 1 amide bonds. The summed E-state index contributed by atoms with van der Waals surface area (Å²) >= 11 is 5.90. The van der Waals surface area contributed by atoms with E-state index in [1.165, 1.54) is 18.5 Å². The zero-order valence-corrected chi connectivity index (χ0v) is 10.8. The summed E-state index contributed by atoms with van der Waals surface area (Å²) in [6.45, 7) is 3.92. The molecule has 1 aromatic heterocycles. The van der Waals surface area contributed by atoms with Crippen molar-refractivity contribution in [2.24, 2.45) is 0 Å². The van der Waals surface area contributed by atoms with Gasteiger partial charge in [0.05, 0.1) is 5.54 Å². The largest absolute Gasteiger partial charge is 0.367 e. The number of hydrogen-bond donors (Lipinski definition) is 2. The van der Waals surface area contributed by atoms with Crippen molar-refractivity contribution in [2.45, 2.75) is 32.2 Å². The average molecular weight is 257 g/mol. The number of carbonyl (C=O) groups excluding carboxylic acids is 1. The average Bonchev–Trinajstić information content (AvgIpc) is 2.36. The molecule has 1 rings (SSSR count). The number of pyridine rings is 1. The minimum atomic E-state index is -0.444. The topological polar surface area (TPSA) is 62.0 Å². The van der Waals surface area contributed by atoms with E-state index in [1.807, 2.05) is 13.8 Å². The van der Waals surface area contributed by atoms with Crippen LogP contribution in [0.4, 0.5) is 0 Å². The molecule has 1 heterocycles. The van der Waals surface area contributed by atoms with Crippen molar-refractivity contribution in [2.75, 3.05) is 5.88 Å². The standard InChI is InChI=1S/C12H17ClN2O2/c1-3-12(4-2,8-13)15-11(17)9-7-14-6-5-10(9)16/h5-7H,3-4,8H2,1-2H3,(H,14,16)(H,15,17). The van der Waals surface area contributed by atoms with E-state index in [4.69, 9.17) is 11.6 Å². The van der Waals surface area contributed by atoms with Gasteiger partial charge in [-0.05, 0) is 12.8 Å². The molecule has 0 aliphatic rings. The van der Waals surface area contributed by atoms with Crippen molar-refractivity contribution in [3.8, 4) is 0 Å². The molecule has 0 saturated carbocycles. The van der Waals surface area contributed by atoms with Gasteiger partial charge in [-0.3, -0.25) is 9.59 Å². The third kappa shape index (κ3) is 3.09. The number of alkyl halides is 1. The normalized spacial score (nSPS) is 11.2. The number of H-pyrrole nitrogens is 1. The van der Waals surface area contributed by atoms with Gasteiger partial charge >= 0.3 is 0 Å². The molecular weight excluding hydrogens is 240 g/mol. The maximum atomic E-state index is 12.0. The fraction of sp³-hybridized carbons (Fsp3) is 0.500. The fourth-order valence-electron chi connectivity index (χ4n) is 1.55. The van der Waals surface area contributed by atoms with Crippen LogP contribution in [-0.2, 0) is 0 Å². The van der Waals surface area contributed by atoms with Crippen LogP contribution in [0, 0.1) is 0 Å². The Hall–Kier alpha value is -1.29. The van der Waals surface area contributed by atoms with E-state index in [9.17, 15) is 9.59 Å². The Morgan fingerprint density at radius 2 is 2.12 bits per heavy atom. The molecule has 0 saturated heterocycles. The number of amides is 1. The molecular formula is C12H17ClN2O2. The zero-order chi connectivity index (χ0) is 12.9. The Balaban J connectivity index is 2.93. The van der Waals surface area contributed by atoms with Crippen LogP contribution in [-0.4, -0.2) is 22.3 Å². The zero-order valence-electron chi connectivity index (χ0n) is 10.0. The molecule has 0 aromatic carbocycles. The number of nitrogens with one attached hydrogen (secondary N) is 2. The van der Waals surface area contributed by atoms with Crippen LogP contribution in [0.5, 0.6) is 0 Å². The first-order valence-corrected chi connectivity index (χ1v) is 6.17. The summed E-state index contributed by atoms with van der Waals surface area (Å²) in [4.78, 5) is 26.2. The Kier molecular flexibility index (Phi) is 4.75. The summed E-state index contributed by atoms with van der Waals surface area (Å²) in [5.74, 6) is -0.0487. The summed E-state index contributed by atoms with van der Waals surface area (Å²) in [6, 6.07) is 1.33. The highest BCUT2D eigenvalue weighted by Crippen LogP contribution is 2.17. The Labute approximate surface area is 105 Å². The first-order valence-electron chi connectivity index (χ1n) is 5.64. The molecule has 2 N–H and O–H groups in total. The van der Waals surface area contributed by atoms with E-state index in [0.717, 1.165) is 12.8 Å². The quantitative estimate of drug-likeness (QED) is 0.791. The van der Waals surface area contributed by atoms with Crippen molar-refractivity contribution in [1.82, 2.24) is 10.3 Å². The van der Waals surface area contributed by atoms with E-state index >= 15 is 0 Å². The fourth-order valence-corrected chi connectivity index (χ4v) is 2.00. The van der Waals surface area contributed by atoms with Gasteiger partial charge in [-0.25, -0.2) is 0 Å². The van der Waals surface area contributed by atoms with Gasteiger partial charge in [0, 0.05) is 24.3 Å². The molecule has 0 spiro atoms. The number of aromatic amines is 1. The molecule has 0 bridgehead atoms. The van der Waals surface area contributed by atoms with Gasteiger partial charge in [-0.15, -0.1) is 11.6 Å². The molecule has 94 valence electrons. The minimum Gasteiger partial charge on any atom is -0.367 e. The molecule has 5 heteroatoms. The summed E-state index contributed by atoms with van der Waals surface area (Å²) in [5, 5.41) is 2.85. The lowest BCUT2D eigenvalue weighted by atomic mass is 9.95. The van der Waals surface area contributed by atoms with E-state index < -0.39 is 5.54 Å². The number of carbonyl (C=O) groups is 1. The van der Waals surface area contributed by atoms with Gasteiger partial charge in [-0.2, -0.15) is 0 Å². The monoisotopic (exact) mass is 256 g/mol. The lowest BCUT2D eigenvalue weighted by Gasteiger charge is -2.30. The minimum absolute atomic E-state index is 0.115. The van der Waals surface area contributed by atoms with Crippen molar-refractivity contribution < 1.29 is 4.79 Å². The van der Waals surface area contributed by atoms with Crippen LogP contribution in [0.2, 0.25) is 0 Å². The van der Waals surface area contributed by atoms with E-state index in [1.54, 1.807) is 0 Å². The summed E-state index contributed by atoms with van der Waals surface area (Å²) in [5.41, 5.74) is -0.623. The van der Waals surface area contributed by atoms with Crippen LogP contribution < -0.4 is 10.7 Å². The highest BCUT2D eigenvalue weighted by Gasteiger charge is 2.28. The van der Waals surface area contributed by atoms with Gasteiger partial charge in [0.15, 0.2) is 5.43 Å². The van der Waals surface area contributed by atoms with Crippen LogP contribution >= 0.6 is 11.6 Å². The third-order valence-corrected chi connectivity index (χ3v) is 3.57. The highest BCUT2D eigenvalue weighted by molar-refractivity contribution is 6.18. The van der Waals surface area contributed by atoms with E-state index in [-0.39, 0.29) is 16.9 Å². The number of hydrogen-bond acceptors (Lipinski definition) is 2. The maximum Gasteiger partial charge on any atom is 0.257 e. The van der Waals surface area contributed by atoms with Gasteiger partial charge in [0.2, 0.25) is 0 Å². The lowest BCUT2D eigenvalue weighted by Crippen LogP contribution is -2.50. The van der Waals surface area contributed by atoms with Gasteiger partial charge in [0.25, 0.3) is 5.91 Å². The second-order valence-electron chi connectivity index (χ2n) is 4.00. The molecule has 1 aromatic rings. The Bertz CT molecular complexity index is 430. The molecule has 4 nitrogen and oxygen atoms in total. The third-order valence-electron chi connectivity index (χ3n) is 3.06. The second-order valence-corrected chi connectivity index (χ2v) is 4.26. The van der Waals surface area contributed by atoms with Crippen molar-refractivity contribution >= 4 is 17.5 Å². The van der Waals surface area contributed by atoms with E-state index in [2.05, 4.69) is 10.3 Å². The van der Waals surface area contributed by atoms with Crippen molar-refractivity contribution in [3.05, 3.63) is 34.2 Å². The molecule has 17 heavy (non-hydrogen) atoms. The first-order chi connectivity index (χ1) is 8.08. The summed E-state index contributed by atoms with van der Waals surface area (Å²) in [6.07, 6.45) is 4.35. The maximum absolute atomic E-state index is 12.0. The van der Waals surface area contributed by atoms with E-state index in [0.29, 0.717) is 5.88 Å². The van der Waals surface area contributed by atoms with Crippen molar-refractivity contribution in [1.29, 1.82) is 0 Å². The van der Waals surface area contributed by atoms with Crippen LogP contribution in [0.25, 0.3) is 0 Å². The van der Waals surface area contributed by atoms with Gasteiger partial charge in [0.1, 0.15) is 5.56 Å². The Morgan fingerprint density at radius 3 is 2.59 bits per heavy atom. The predicted octanol–water partition coefficient (Wildman–Crippen LogP) is 1.90. The van der Waals surface area contributed by atoms with Crippen LogP contribution in [0.15, 0.2) is 23.3 Å². The smallest absolute Gasteiger partial charge is 0.257 e. The number of rotatable bonds is 5. The molecule has 0 aliphatic carbocycles. The van der Waals surface area contributed by atoms with Crippen LogP contribution in [0.1, 0.15) is 37.0 Å².